The molecule has 0 aromatic heterocycles. The number of aryl methyl sites for hydroxylation is 2. The molecule has 0 unspecified atom stereocenters. The molecule has 132 valence electrons. The van der Waals surface area contributed by atoms with Crippen LogP contribution >= 0.6 is 0 Å². The van der Waals surface area contributed by atoms with Crippen LogP contribution in [0.5, 0.6) is 0 Å². The summed E-state index contributed by atoms with van der Waals surface area (Å²) < 4.78 is 0. The average Bonchev–Trinajstić information content (AvgIpc) is 2.72. The van der Waals surface area contributed by atoms with E-state index in [9.17, 15) is 0 Å². The van der Waals surface area contributed by atoms with E-state index in [0.29, 0.717) is 0 Å². The van der Waals surface area contributed by atoms with E-state index < -0.39 is 0 Å². The van der Waals surface area contributed by atoms with Gasteiger partial charge < -0.3 is 5.32 Å². The molecule has 0 saturated carbocycles. The maximum Gasteiger partial charge on any atom is 0.0384 e. The van der Waals surface area contributed by atoms with Gasteiger partial charge in [0.25, 0.3) is 0 Å². The number of hydrogen-bond donors (Lipinski definition) is 1. The van der Waals surface area contributed by atoms with Gasteiger partial charge in [-0.1, -0.05) is 72.8 Å². The van der Waals surface area contributed by atoms with Crippen LogP contribution in [0, 0.1) is 13.8 Å². The first-order valence-electron chi connectivity index (χ1n) is 9.29. The molecule has 0 fully saturated rings. The molecular weight excluding hydrogens is 326 g/mol. The van der Waals surface area contributed by atoms with Gasteiger partial charge in [0.2, 0.25) is 0 Å². The van der Waals surface area contributed by atoms with Gasteiger partial charge in [-0.2, -0.15) is 0 Å². The van der Waals surface area contributed by atoms with Gasteiger partial charge in [-0.3, -0.25) is 0 Å². The predicted molar refractivity (Wildman–Crippen MR) is 117 cm³/mol. The van der Waals surface area contributed by atoms with Crippen LogP contribution in [0.1, 0.15) is 11.1 Å². The smallest absolute Gasteiger partial charge is 0.0384 e. The van der Waals surface area contributed by atoms with Gasteiger partial charge in [0.15, 0.2) is 0 Å². The first-order chi connectivity index (χ1) is 13.2. The molecule has 0 aliphatic carbocycles. The summed E-state index contributed by atoms with van der Waals surface area (Å²) in [5.41, 5.74) is 9.81. The lowest BCUT2D eigenvalue weighted by Gasteiger charge is -2.10. The summed E-state index contributed by atoms with van der Waals surface area (Å²) >= 11 is 0. The summed E-state index contributed by atoms with van der Waals surface area (Å²) in [6.45, 7) is 4.31. The topological polar surface area (TPSA) is 12.0 Å². The van der Waals surface area contributed by atoms with Crippen LogP contribution < -0.4 is 5.32 Å². The molecule has 4 rings (SSSR count). The van der Waals surface area contributed by atoms with E-state index in [1.54, 1.807) is 0 Å². The predicted octanol–water partition coefficient (Wildman–Crippen LogP) is 7.38. The molecule has 0 spiro atoms. The van der Waals surface area contributed by atoms with Gasteiger partial charge in [-0.15, -0.1) is 0 Å². The number of hydrogen-bond acceptors (Lipinski definition) is 1. The second kappa shape index (κ2) is 7.51. The van der Waals surface area contributed by atoms with Gasteiger partial charge in [0.1, 0.15) is 0 Å². The minimum absolute atomic E-state index is 1.09. The lowest BCUT2D eigenvalue weighted by atomic mass is 10.0. The van der Waals surface area contributed by atoms with Crippen LogP contribution in [0.2, 0.25) is 0 Å². The molecule has 1 nitrogen and oxygen atoms in total. The first-order valence-corrected chi connectivity index (χ1v) is 9.29. The van der Waals surface area contributed by atoms with Gasteiger partial charge in [-0.05, 0) is 71.5 Å². The van der Waals surface area contributed by atoms with Crippen molar-refractivity contribution < 1.29 is 0 Å². The number of rotatable bonds is 4. The van der Waals surface area contributed by atoms with Crippen molar-refractivity contribution in [2.24, 2.45) is 0 Å². The fraction of sp³-hybridized carbons (Fsp3) is 0.0769. The second-order valence-corrected chi connectivity index (χ2v) is 6.94. The highest BCUT2D eigenvalue weighted by atomic mass is 14.9. The molecule has 0 heterocycles. The van der Waals surface area contributed by atoms with E-state index in [1.165, 1.54) is 33.4 Å². The van der Waals surface area contributed by atoms with Gasteiger partial charge >= 0.3 is 0 Å². The molecule has 0 aliphatic heterocycles. The van der Waals surface area contributed by atoms with E-state index >= 15 is 0 Å². The normalized spacial score (nSPS) is 10.6. The zero-order valence-electron chi connectivity index (χ0n) is 15.7. The summed E-state index contributed by atoms with van der Waals surface area (Å²) in [6, 6.07) is 34.2. The summed E-state index contributed by atoms with van der Waals surface area (Å²) in [4.78, 5) is 0. The fourth-order valence-corrected chi connectivity index (χ4v) is 3.21. The van der Waals surface area contributed by atoms with E-state index in [2.05, 4.69) is 110 Å². The minimum Gasteiger partial charge on any atom is -0.356 e. The Morgan fingerprint density at radius 2 is 0.926 bits per heavy atom. The lowest BCUT2D eigenvalue weighted by molar-refractivity contribution is 1.34. The quantitative estimate of drug-likeness (QED) is 0.405. The van der Waals surface area contributed by atoms with E-state index in [1.807, 2.05) is 6.07 Å². The van der Waals surface area contributed by atoms with Crippen LogP contribution in [0.4, 0.5) is 11.4 Å². The van der Waals surface area contributed by atoms with E-state index in [4.69, 9.17) is 0 Å². The van der Waals surface area contributed by atoms with Crippen molar-refractivity contribution in [3.8, 4) is 22.3 Å². The summed E-state index contributed by atoms with van der Waals surface area (Å²) in [5.74, 6) is 0. The molecule has 4 aromatic rings. The van der Waals surface area contributed by atoms with Crippen LogP contribution in [-0.4, -0.2) is 0 Å². The molecule has 4 aromatic carbocycles. The van der Waals surface area contributed by atoms with Crippen molar-refractivity contribution in [2.45, 2.75) is 13.8 Å². The number of nitrogens with one attached hydrogen (secondary N) is 1. The van der Waals surface area contributed by atoms with Crippen molar-refractivity contribution >= 4 is 11.4 Å². The molecular formula is C26H23N. The van der Waals surface area contributed by atoms with Crippen LogP contribution in [0.25, 0.3) is 22.3 Å². The minimum atomic E-state index is 1.09. The molecule has 0 bridgehead atoms. The van der Waals surface area contributed by atoms with Crippen LogP contribution in [-0.2, 0) is 0 Å². The lowest BCUT2D eigenvalue weighted by Crippen LogP contribution is -1.90. The molecule has 1 heteroatoms. The number of benzene rings is 4. The first kappa shape index (κ1) is 17.1. The Hall–Kier alpha value is -3.32. The monoisotopic (exact) mass is 349 g/mol. The van der Waals surface area contributed by atoms with Crippen molar-refractivity contribution in [1.82, 2.24) is 0 Å². The SMILES string of the molecule is Cc1ccc(-c2ccc(Nc3ccc(-c4ccccc4)cc3)cc2)cc1C. The highest BCUT2D eigenvalue weighted by Crippen LogP contribution is 2.26. The van der Waals surface area contributed by atoms with Gasteiger partial charge in [-0.25, -0.2) is 0 Å². The Balaban J connectivity index is 1.49. The standard InChI is InChI=1S/C26H23N/c1-19-8-9-24(18-20(19)2)23-12-16-26(17-13-23)27-25-14-10-22(11-15-25)21-6-4-3-5-7-21/h3-18,27H,1-2H3. The van der Waals surface area contributed by atoms with Crippen molar-refractivity contribution in [3.63, 3.8) is 0 Å². The van der Waals surface area contributed by atoms with Gasteiger partial charge in [0, 0.05) is 11.4 Å². The molecule has 0 atom stereocenters. The molecule has 0 amide bonds. The Morgan fingerprint density at radius 1 is 0.444 bits per heavy atom. The van der Waals surface area contributed by atoms with Gasteiger partial charge in [0.05, 0.1) is 0 Å². The zero-order valence-corrected chi connectivity index (χ0v) is 15.7. The largest absolute Gasteiger partial charge is 0.356 e. The fourth-order valence-electron chi connectivity index (χ4n) is 3.21. The molecule has 27 heavy (non-hydrogen) atoms. The van der Waals surface area contributed by atoms with E-state index in [0.717, 1.165) is 11.4 Å². The summed E-state index contributed by atoms with van der Waals surface area (Å²) in [7, 11) is 0. The molecule has 0 radical (unpaired) electrons. The highest BCUT2D eigenvalue weighted by Gasteiger charge is 2.02. The third-order valence-electron chi connectivity index (χ3n) is 5.01. The van der Waals surface area contributed by atoms with Crippen LogP contribution in [0.3, 0.4) is 0 Å². The summed E-state index contributed by atoms with van der Waals surface area (Å²) in [6.07, 6.45) is 0. The van der Waals surface area contributed by atoms with Crippen LogP contribution in [0.15, 0.2) is 97.1 Å². The third kappa shape index (κ3) is 3.93. The zero-order chi connectivity index (χ0) is 18.6. The maximum atomic E-state index is 3.48. The van der Waals surface area contributed by atoms with Crippen molar-refractivity contribution in [3.05, 3.63) is 108 Å². The van der Waals surface area contributed by atoms with E-state index in [-0.39, 0.29) is 0 Å². The third-order valence-corrected chi connectivity index (χ3v) is 5.01. The molecule has 0 aliphatic rings. The Kier molecular flexibility index (Phi) is 4.76. The second-order valence-electron chi connectivity index (χ2n) is 6.94. The molecule has 1 N–H and O–H groups in total. The van der Waals surface area contributed by atoms with Crippen molar-refractivity contribution in [1.29, 1.82) is 0 Å². The van der Waals surface area contributed by atoms with Crippen molar-refractivity contribution in [2.75, 3.05) is 5.32 Å². The summed E-state index contributed by atoms with van der Waals surface area (Å²) in [5, 5.41) is 3.48. The highest BCUT2D eigenvalue weighted by molar-refractivity contribution is 5.71. The Bertz CT molecular complexity index is 1030. The molecule has 0 saturated heterocycles. The average molecular weight is 349 g/mol. The Labute approximate surface area is 161 Å². The Morgan fingerprint density at radius 3 is 1.48 bits per heavy atom. The number of anilines is 2. The maximum absolute atomic E-state index is 3.48.